The van der Waals surface area contributed by atoms with Gasteiger partial charge in [0.15, 0.2) is 5.82 Å². The smallest absolute Gasteiger partial charge is 0.159 e. The van der Waals surface area contributed by atoms with Crippen molar-refractivity contribution in [3.8, 4) is 0 Å². The number of rotatable bonds is 5. The van der Waals surface area contributed by atoms with Crippen molar-refractivity contribution in [1.29, 1.82) is 0 Å². The second kappa shape index (κ2) is 6.44. The van der Waals surface area contributed by atoms with Crippen LogP contribution in [0, 0.1) is 0 Å². The molecule has 0 spiro atoms. The third-order valence-electron chi connectivity index (χ3n) is 2.71. The van der Waals surface area contributed by atoms with Crippen LogP contribution in [0.1, 0.15) is 18.2 Å². The van der Waals surface area contributed by atoms with Gasteiger partial charge < -0.3 is 10.7 Å². The van der Waals surface area contributed by atoms with Gasteiger partial charge in [-0.3, -0.25) is 4.98 Å². The topological polar surface area (TPSA) is 88.8 Å². The molecule has 0 radical (unpaired) electrons. The van der Waals surface area contributed by atoms with Crippen LogP contribution in [0.2, 0.25) is 0 Å². The maximum absolute atomic E-state index is 5.36. The summed E-state index contributed by atoms with van der Waals surface area (Å²) in [6, 6.07) is 4.02. The summed E-state index contributed by atoms with van der Waals surface area (Å²) in [6.45, 7) is 2.71. The molecule has 7 heteroatoms. The molecule has 0 bridgehead atoms. The van der Waals surface area contributed by atoms with Gasteiger partial charge in [-0.25, -0.2) is 15.8 Å². The number of hydrogen-bond acceptors (Lipinski definition) is 6. The highest BCUT2D eigenvalue weighted by Gasteiger charge is 2.08. The first-order chi connectivity index (χ1) is 9.26. The molecule has 0 saturated carbocycles. The van der Waals surface area contributed by atoms with Crippen LogP contribution in [0.25, 0.3) is 0 Å². The van der Waals surface area contributed by atoms with Crippen LogP contribution in [0.5, 0.6) is 0 Å². The third-order valence-corrected chi connectivity index (χ3v) is 3.47. The number of nitrogens with zero attached hydrogens (tertiary/aromatic N) is 3. The monoisotopic (exact) mass is 322 g/mol. The molecule has 4 N–H and O–H groups in total. The number of aromatic nitrogens is 3. The second-order valence-corrected chi connectivity index (χ2v) is 4.64. The molecule has 0 aromatic carbocycles. The zero-order valence-corrected chi connectivity index (χ0v) is 12.1. The van der Waals surface area contributed by atoms with Crippen LogP contribution in [0.15, 0.2) is 29.1 Å². The normalized spacial score (nSPS) is 10.3. The largest absolute Gasteiger partial charge is 0.363 e. The van der Waals surface area contributed by atoms with Gasteiger partial charge in [0.1, 0.15) is 16.6 Å². The van der Waals surface area contributed by atoms with Crippen molar-refractivity contribution >= 4 is 27.6 Å². The molecule has 0 atom stereocenters. The van der Waals surface area contributed by atoms with E-state index in [4.69, 9.17) is 5.84 Å². The quantitative estimate of drug-likeness (QED) is 0.577. The van der Waals surface area contributed by atoms with Gasteiger partial charge >= 0.3 is 0 Å². The summed E-state index contributed by atoms with van der Waals surface area (Å²) in [4.78, 5) is 12.5. The Labute approximate surface area is 120 Å². The van der Waals surface area contributed by atoms with Crippen molar-refractivity contribution in [1.82, 2.24) is 15.0 Å². The Kier molecular flexibility index (Phi) is 4.64. The van der Waals surface area contributed by atoms with Gasteiger partial charge in [-0.1, -0.05) is 13.0 Å². The molecule has 2 aromatic rings. The Hall–Kier alpha value is -1.73. The Morgan fingerprint density at radius 2 is 2.05 bits per heavy atom. The predicted octanol–water partition coefficient (Wildman–Crippen LogP) is 2.09. The van der Waals surface area contributed by atoms with Crippen molar-refractivity contribution in [2.45, 2.75) is 19.9 Å². The van der Waals surface area contributed by atoms with E-state index < -0.39 is 0 Å². The third kappa shape index (κ3) is 3.18. The average molecular weight is 323 g/mol. The molecule has 0 aliphatic heterocycles. The molecule has 19 heavy (non-hydrogen) atoms. The molecular formula is C12H15BrN6. The fourth-order valence-electron chi connectivity index (χ4n) is 1.71. The van der Waals surface area contributed by atoms with Gasteiger partial charge in [0.05, 0.1) is 12.2 Å². The van der Waals surface area contributed by atoms with Crippen LogP contribution in [-0.2, 0) is 13.0 Å². The molecule has 0 amide bonds. The molecule has 6 nitrogen and oxygen atoms in total. The van der Waals surface area contributed by atoms with E-state index in [9.17, 15) is 0 Å². The number of halogens is 1. The number of hydrogen-bond donors (Lipinski definition) is 3. The fourth-order valence-corrected chi connectivity index (χ4v) is 2.17. The van der Waals surface area contributed by atoms with Gasteiger partial charge in [0.25, 0.3) is 0 Å². The molecule has 0 saturated heterocycles. The average Bonchev–Trinajstić information content (AvgIpc) is 2.46. The lowest BCUT2D eigenvalue weighted by molar-refractivity contribution is 0.959. The fraction of sp³-hybridized carbons (Fsp3) is 0.250. The number of anilines is 2. The van der Waals surface area contributed by atoms with Gasteiger partial charge in [0.2, 0.25) is 0 Å². The SMILES string of the molecule is CCc1cccnc1CNc1ncnc(NN)c1Br. The molecule has 0 aliphatic carbocycles. The summed E-state index contributed by atoms with van der Waals surface area (Å²) in [7, 11) is 0. The maximum atomic E-state index is 5.36. The van der Waals surface area contributed by atoms with Crippen molar-refractivity contribution in [3.63, 3.8) is 0 Å². The summed E-state index contributed by atoms with van der Waals surface area (Å²) in [5.74, 6) is 6.57. The van der Waals surface area contributed by atoms with E-state index in [1.54, 1.807) is 6.20 Å². The second-order valence-electron chi connectivity index (χ2n) is 3.85. The number of nitrogens with two attached hydrogens (primary N) is 1. The van der Waals surface area contributed by atoms with E-state index >= 15 is 0 Å². The molecule has 2 aromatic heterocycles. The van der Waals surface area contributed by atoms with E-state index in [-0.39, 0.29) is 0 Å². The standard InChI is InChI=1S/C12H15BrN6/c1-2-8-4-3-5-15-9(8)6-16-11-10(13)12(19-14)18-7-17-11/h3-5,7H,2,6,14H2,1H3,(H2,16,17,18,19). The molecule has 0 unspecified atom stereocenters. The van der Waals surface area contributed by atoms with Crippen molar-refractivity contribution < 1.29 is 0 Å². The summed E-state index contributed by atoms with van der Waals surface area (Å²) >= 11 is 3.40. The lowest BCUT2D eigenvalue weighted by Crippen LogP contribution is -2.12. The highest BCUT2D eigenvalue weighted by Crippen LogP contribution is 2.26. The van der Waals surface area contributed by atoms with E-state index in [0.29, 0.717) is 22.7 Å². The molecule has 2 heterocycles. The molecular weight excluding hydrogens is 308 g/mol. The highest BCUT2D eigenvalue weighted by atomic mass is 79.9. The first kappa shape index (κ1) is 13.7. The van der Waals surface area contributed by atoms with Gasteiger partial charge in [0, 0.05) is 6.20 Å². The summed E-state index contributed by atoms with van der Waals surface area (Å²) < 4.78 is 0.700. The summed E-state index contributed by atoms with van der Waals surface area (Å²) in [5, 5.41) is 3.22. The number of nitrogen functional groups attached to an aromatic ring is 1. The maximum Gasteiger partial charge on any atom is 0.159 e. The zero-order chi connectivity index (χ0) is 13.7. The molecule has 100 valence electrons. The van der Waals surface area contributed by atoms with E-state index in [0.717, 1.165) is 12.1 Å². The first-order valence-corrected chi connectivity index (χ1v) is 6.69. The Morgan fingerprint density at radius 1 is 1.26 bits per heavy atom. The zero-order valence-electron chi connectivity index (χ0n) is 10.5. The van der Waals surface area contributed by atoms with Gasteiger partial charge in [-0.05, 0) is 34.0 Å². The predicted molar refractivity (Wildman–Crippen MR) is 78.5 cm³/mol. The van der Waals surface area contributed by atoms with Crippen LogP contribution in [-0.4, -0.2) is 15.0 Å². The van der Waals surface area contributed by atoms with E-state index in [1.165, 1.54) is 11.9 Å². The summed E-state index contributed by atoms with van der Waals surface area (Å²) in [6.07, 6.45) is 4.19. The Bertz CT molecular complexity index is 560. The van der Waals surface area contributed by atoms with Crippen LogP contribution in [0.4, 0.5) is 11.6 Å². The number of hydrazine groups is 1. The van der Waals surface area contributed by atoms with Gasteiger partial charge in [-0.2, -0.15) is 0 Å². The minimum atomic E-state index is 0.536. The van der Waals surface area contributed by atoms with Gasteiger partial charge in [-0.15, -0.1) is 0 Å². The van der Waals surface area contributed by atoms with Crippen LogP contribution >= 0.6 is 15.9 Å². The van der Waals surface area contributed by atoms with Crippen LogP contribution in [0.3, 0.4) is 0 Å². The summed E-state index contributed by atoms with van der Waals surface area (Å²) in [5.41, 5.74) is 4.73. The van der Waals surface area contributed by atoms with Crippen LogP contribution < -0.4 is 16.6 Å². The van der Waals surface area contributed by atoms with Crippen molar-refractivity contribution in [2.75, 3.05) is 10.7 Å². The van der Waals surface area contributed by atoms with Crippen molar-refractivity contribution in [3.05, 3.63) is 40.4 Å². The number of pyridine rings is 1. The lowest BCUT2D eigenvalue weighted by Gasteiger charge is -2.11. The number of aryl methyl sites for hydroxylation is 1. The Morgan fingerprint density at radius 3 is 2.79 bits per heavy atom. The first-order valence-electron chi connectivity index (χ1n) is 5.90. The Balaban J connectivity index is 2.15. The molecule has 0 fully saturated rings. The minimum absolute atomic E-state index is 0.536. The lowest BCUT2D eigenvalue weighted by atomic mass is 10.1. The van der Waals surface area contributed by atoms with E-state index in [2.05, 4.69) is 54.6 Å². The number of nitrogens with one attached hydrogen (secondary N) is 2. The van der Waals surface area contributed by atoms with Crippen molar-refractivity contribution in [2.24, 2.45) is 5.84 Å². The van der Waals surface area contributed by atoms with E-state index in [1.807, 2.05) is 6.07 Å². The minimum Gasteiger partial charge on any atom is -0.363 e. The molecule has 2 rings (SSSR count). The molecule has 0 aliphatic rings. The highest BCUT2D eigenvalue weighted by molar-refractivity contribution is 9.10.